The minimum absolute atomic E-state index is 0.261. The summed E-state index contributed by atoms with van der Waals surface area (Å²) >= 11 is 10.1. The Kier molecular flexibility index (Phi) is 4.54. The molecule has 0 saturated carbocycles. The number of rotatable bonds is 2. The molecule has 0 saturated heterocycles. The first kappa shape index (κ1) is 18.2. The Morgan fingerprint density at radius 3 is 2.34 bits per heavy atom. The number of halogens is 2. The molecule has 0 aliphatic carbocycles. The molecule has 0 aliphatic rings. The maximum atomic E-state index is 10.9. The van der Waals surface area contributed by atoms with E-state index >= 15 is 0 Å². The molecule has 0 atom stereocenters. The van der Waals surface area contributed by atoms with Gasteiger partial charge in [-0.15, -0.1) is 0 Å². The SMILES string of the molecule is Oc1ccc2ccc3ccccc3c2c1-c1ccc(Cl)c(-c2cccc(Br)c2)c1. The Morgan fingerprint density at radius 1 is 0.690 bits per heavy atom. The zero-order valence-electron chi connectivity index (χ0n) is 15.4. The summed E-state index contributed by atoms with van der Waals surface area (Å²) in [5.41, 5.74) is 3.72. The lowest BCUT2D eigenvalue weighted by atomic mass is 9.91. The van der Waals surface area contributed by atoms with E-state index in [4.69, 9.17) is 11.6 Å². The van der Waals surface area contributed by atoms with Crippen LogP contribution in [-0.4, -0.2) is 5.11 Å². The highest BCUT2D eigenvalue weighted by atomic mass is 79.9. The first-order chi connectivity index (χ1) is 14.1. The maximum absolute atomic E-state index is 10.9. The van der Waals surface area contributed by atoms with Gasteiger partial charge in [0.1, 0.15) is 5.75 Å². The van der Waals surface area contributed by atoms with Crippen LogP contribution in [0.1, 0.15) is 0 Å². The molecular formula is C26H16BrClO. The van der Waals surface area contributed by atoms with Crippen molar-refractivity contribution in [3.63, 3.8) is 0 Å². The number of fused-ring (bicyclic) bond motifs is 3. The van der Waals surface area contributed by atoms with Crippen LogP contribution in [0.5, 0.6) is 5.75 Å². The average Bonchev–Trinajstić information content (AvgIpc) is 2.74. The second kappa shape index (κ2) is 7.22. The number of phenols is 1. The molecule has 140 valence electrons. The highest BCUT2D eigenvalue weighted by Crippen LogP contribution is 2.42. The molecule has 0 amide bonds. The normalized spacial score (nSPS) is 11.2. The van der Waals surface area contributed by atoms with Gasteiger partial charge in [0, 0.05) is 26.0 Å². The summed E-state index contributed by atoms with van der Waals surface area (Å²) < 4.78 is 0.996. The quantitative estimate of drug-likeness (QED) is 0.262. The van der Waals surface area contributed by atoms with Crippen LogP contribution in [0.25, 0.3) is 43.8 Å². The summed E-state index contributed by atoms with van der Waals surface area (Å²) in [7, 11) is 0. The molecule has 0 bridgehead atoms. The van der Waals surface area contributed by atoms with E-state index in [0.29, 0.717) is 5.02 Å². The van der Waals surface area contributed by atoms with Crippen molar-refractivity contribution >= 4 is 49.1 Å². The number of benzene rings is 5. The van der Waals surface area contributed by atoms with Gasteiger partial charge >= 0.3 is 0 Å². The van der Waals surface area contributed by atoms with Gasteiger partial charge in [-0.05, 0) is 57.6 Å². The van der Waals surface area contributed by atoms with Crippen molar-refractivity contribution in [2.45, 2.75) is 0 Å². The maximum Gasteiger partial charge on any atom is 0.124 e. The highest BCUT2D eigenvalue weighted by molar-refractivity contribution is 9.10. The zero-order valence-corrected chi connectivity index (χ0v) is 17.7. The molecule has 0 fully saturated rings. The van der Waals surface area contributed by atoms with Crippen LogP contribution in [0.15, 0.2) is 95.5 Å². The van der Waals surface area contributed by atoms with E-state index in [0.717, 1.165) is 48.3 Å². The van der Waals surface area contributed by atoms with Crippen LogP contribution in [0, 0.1) is 0 Å². The summed E-state index contributed by atoms with van der Waals surface area (Å²) in [6, 6.07) is 30.2. The molecule has 1 nitrogen and oxygen atoms in total. The highest BCUT2D eigenvalue weighted by Gasteiger charge is 2.15. The van der Waals surface area contributed by atoms with Crippen molar-refractivity contribution in [1.82, 2.24) is 0 Å². The van der Waals surface area contributed by atoms with Crippen LogP contribution in [0.2, 0.25) is 5.02 Å². The fraction of sp³-hybridized carbons (Fsp3) is 0. The summed E-state index contributed by atoms with van der Waals surface area (Å²) in [5, 5.41) is 15.9. The minimum Gasteiger partial charge on any atom is -0.507 e. The van der Waals surface area contributed by atoms with Crippen molar-refractivity contribution in [3.05, 3.63) is 100 Å². The predicted molar refractivity (Wildman–Crippen MR) is 127 cm³/mol. The molecule has 5 aromatic rings. The molecule has 5 rings (SSSR count). The van der Waals surface area contributed by atoms with E-state index in [1.165, 1.54) is 0 Å². The molecule has 0 heterocycles. The topological polar surface area (TPSA) is 20.2 Å². The lowest BCUT2D eigenvalue weighted by molar-refractivity contribution is 0.478. The third kappa shape index (κ3) is 3.19. The Labute approximate surface area is 182 Å². The van der Waals surface area contributed by atoms with Gasteiger partial charge in [0.05, 0.1) is 0 Å². The van der Waals surface area contributed by atoms with E-state index in [1.807, 2.05) is 54.6 Å². The van der Waals surface area contributed by atoms with E-state index in [2.05, 4.69) is 46.3 Å². The van der Waals surface area contributed by atoms with Crippen molar-refractivity contribution in [1.29, 1.82) is 0 Å². The standard InChI is InChI=1S/C26H16BrClO/c27-20-6-3-5-18(14-20)22-15-19(10-12-23(22)28)26-24(29)13-11-17-9-8-16-4-1-2-7-21(16)25(17)26/h1-15,29H. The molecule has 1 N–H and O–H groups in total. The van der Waals surface area contributed by atoms with Gasteiger partial charge in [-0.3, -0.25) is 0 Å². The van der Waals surface area contributed by atoms with Gasteiger partial charge < -0.3 is 5.11 Å². The van der Waals surface area contributed by atoms with Crippen LogP contribution in [0.3, 0.4) is 0 Å². The van der Waals surface area contributed by atoms with Crippen LogP contribution < -0.4 is 0 Å². The third-order valence-electron chi connectivity index (χ3n) is 5.28. The second-order valence-electron chi connectivity index (χ2n) is 7.05. The van der Waals surface area contributed by atoms with Gasteiger partial charge in [-0.1, -0.05) is 88.2 Å². The Bertz CT molecular complexity index is 1390. The van der Waals surface area contributed by atoms with Crippen LogP contribution in [-0.2, 0) is 0 Å². The Balaban J connectivity index is 1.84. The van der Waals surface area contributed by atoms with Crippen molar-refractivity contribution in [3.8, 4) is 28.0 Å². The van der Waals surface area contributed by atoms with E-state index in [9.17, 15) is 5.11 Å². The number of aromatic hydroxyl groups is 1. The van der Waals surface area contributed by atoms with Gasteiger partial charge in [0.2, 0.25) is 0 Å². The van der Waals surface area contributed by atoms with E-state index in [1.54, 1.807) is 6.07 Å². The smallest absolute Gasteiger partial charge is 0.124 e. The summed E-state index contributed by atoms with van der Waals surface area (Å²) in [6.07, 6.45) is 0. The fourth-order valence-electron chi connectivity index (χ4n) is 3.94. The molecule has 5 aromatic carbocycles. The number of hydrogen-bond donors (Lipinski definition) is 1. The predicted octanol–water partition coefficient (Wildman–Crippen LogP) is 8.45. The largest absolute Gasteiger partial charge is 0.507 e. The molecule has 3 heteroatoms. The van der Waals surface area contributed by atoms with Crippen LogP contribution >= 0.6 is 27.5 Å². The molecular weight excluding hydrogens is 444 g/mol. The van der Waals surface area contributed by atoms with Crippen molar-refractivity contribution in [2.75, 3.05) is 0 Å². The Morgan fingerprint density at radius 2 is 1.48 bits per heavy atom. The second-order valence-corrected chi connectivity index (χ2v) is 8.37. The lowest BCUT2D eigenvalue weighted by Crippen LogP contribution is -1.88. The zero-order chi connectivity index (χ0) is 20.0. The fourth-order valence-corrected chi connectivity index (χ4v) is 4.56. The molecule has 0 radical (unpaired) electrons. The van der Waals surface area contributed by atoms with Gasteiger partial charge in [0.15, 0.2) is 0 Å². The molecule has 0 unspecified atom stereocenters. The first-order valence-corrected chi connectivity index (χ1v) is 10.5. The van der Waals surface area contributed by atoms with Gasteiger partial charge in [-0.2, -0.15) is 0 Å². The summed E-state index contributed by atoms with van der Waals surface area (Å²) in [4.78, 5) is 0. The molecule has 29 heavy (non-hydrogen) atoms. The van der Waals surface area contributed by atoms with Gasteiger partial charge in [0.25, 0.3) is 0 Å². The molecule has 0 aromatic heterocycles. The summed E-state index contributed by atoms with van der Waals surface area (Å²) in [6.45, 7) is 0. The van der Waals surface area contributed by atoms with E-state index in [-0.39, 0.29) is 5.75 Å². The van der Waals surface area contributed by atoms with Crippen molar-refractivity contribution in [2.24, 2.45) is 0 Å². The third-order valence-corrected chi connectivity index (χ3v) is 6.10. The first-order valence-electron chi connectivity index (χ1n) is 9.31. The monoisotopic (exact) mass is 458 g/mol. The minimum atomic E-state index is 0.261. The average molecular weight is 460 g/mol. The Hall–Kier alpha value is -2.81. The van der Waals surface area contributed by atoms with Crippen LogP contribution in [0.4, 0.5) is 0 Å². The van der Waals surface area contributed by atoms with Gasteiger partial charge in [-0.25, -0.2) is 0 Å². The van der Waals surface area contributed by atoms with E-state index < -0.39 is 0 Å². The number of phenolic OH excluding ortho intramolecular Hbond substituents is 1. The van der Waals surface area contributed by atoms with Crippen molar-refractivity contribution < 1.29 is 5.11 Å². The molecule has 0 aliphatic heterocycles. The summed E-state index contributed by atoms with van der Waals surface area (Å²) in [5.74, 6) is 0.261. The lowest BCUT2D eigenvalue weighted by Gasteiger charge is -2.14. The molecule has 0 spiro atoms. The number of hydrogen-bond acceptors (Lipinski definition) is 1.